The van der Waals surface area contributed by atoms with Gasteiger partial charge >= 0.3 is 0 Å². The number of benzene rings is 2. The number of nitrogens with zero attached hydrogens (tertiary/aromatic N) is 3. The Balaban J connectivity index is 1.59. The van der Waals surface area contributed by atoms with Gasteiger partial charge in [0.25, 0.3) is 5.91 Å². The monoisotopic (exact) mass is 388 g/mol. The average Bonchev–Trinajstić information content (AvgIpc) is 3.24. The summed E-state index contributed by atoms with van der Waals surface area (Å²) in [6, 6.07) is 19.6. The van der Waals surface area contributed by atoms with Gasteiger partial charge in [-0.25, -0.2) is 9.67 Å². The van der Waals surface area contributed by atoms with E-state index in [-0.39, 0.29) is 5.91 Å². The number of hydrogen-bond donors (Lipinski definition) is 1. The maximum absolute atomic E-state index is 12.5. The molecule has 0 spiro atoms. The molecule has 5 nitrogen and oxygen atoms in total. The van der Waals surface area contributed by atoms with Gasteiger partial charge in [0.05, 0.1) is 22.8 Å². The highest BCUT2D eigenvalue weighted by atomic mass is 32.1. The lowest BCUT2D eigenvalue weighted by atomic mass is 10.1. The molecular formula is C22H20N4OS. The van der Waals surface area contributed by atoms with Gasteiger partial charge in [0.1, 0.15) is 0 Å². The Hall–Kier alpha value is -3.25. The average molecular weight is 388 g/mol. The van der Waals surface area contributed by atoms with Crippen molar-refractivity contribution < 1.29 is 4.79 Å². The van der Waals surface area contributed by atoms with Gasteiger partial charge < -0.3 is 0 Å². The van der Waals surface area contributed by atoms with Crippen molar-refractivity contribution in [2.24, 2.45) is 0 Å². The molecule has 0 aliphatic carbocycles. The lowest BCUT2D eigenvalue weighted by molar-refractivity contribution is 0.102. The van der Waals surface area contributed by atoms with Gasteiger partial charge in [-0.1, -0.05) is 30.3 Å². The van der Waals surface area contributed by atoms with E-state index in [1.807, 2.05) is 67.9 Å². The van der Waals surface area contributed by atoms with Crippen molar-refractivity contribution in [2.45, 2.75) is 20.8 Å². The summed E-state index contributed by atoms with van der Waals surface area (Å²) >= 11 is 1.48. The van der Waals surface area contributed by atoms with Gasteiger partial charge in [0.15, 0.2) is 5.13 Å². The molecule has 140 valence electrons. The van der Waals surface area contributed by atoms with Crippen molar-refractivity contribution in [3.8, 4) is 16.9 Å². The first-order valence-corrected chi connectivity index (χ1v) is 9.81. The van der Waals surface area contributed by atoms with Crippen LogP contribution in [0, 0.1) is 20.8 Å². The Bertz CT molecular complexity index is 1110. The molecule has 0 aliphatic rings. The van der Waals surface area contributed by atoms with Crippen LogP contribution in [0.25, 0.3) is 16.9 Å². The lowest BCUT2D eigenvalue weighted by Crippen LogP contribution is -2.12. The van der Waals surface area contributed by atoms with E-state index >= 15 is 0 Å². The molecule has 0 atom stereocenters. The van der Waals surface area contributed by atoms with Crippen LogP contribution in [-0.4, -0.2) is 20.7 Å². The molecule has 0 aliphatic heterocycles. The quantitative estimate of drug-likeness (QED) is 0.524. The highest BCUT2D eigenvalue weighted by Crippen LogP contribution is 2.25. The van der Waals surface area contributed by atoms with Crippen LogP contribution in [0.2, 0.25) is 0 Å². The summed E-state index contributed by atoms with van der Waals surface area (Å²) in [5.41, 5.74) is 5.49. The summed E-state index contributed by atoms with van der Waals surface area (Å²) in [6.07, 6.45) is 0. The van der Waals surface area contributed by atoms with Crippen LogP contribution in [0.5, 0.6) is 0 Å². The van der Waals surface area contributed by atoms with E-state index < -0.39 is 0 Å². The molecule has 1 amide bonds. The zero-order chi connectivity index (χ0) is 19.7. The fourth-order valence-corrected chi connectivity index (χ4v) is 3.77. The predicted octanol–water partition coefficient (Wildman–Crippen LogP) is 5.17. The molecule has 28 heavy (non-hydrogen) atoms. The number of nitrogens with one attached hydrogen (secondary N) is 1. The van der Waals surface area contributed by atoms with Crippen LogP contribution in [0.15, 0.2) is 60.7 Å². The second kappa shape index (κ2) is 7.40. The summed E-state index contributed by atoms with van der Waals surface area (Å²) in [4.78, 5) is 18.0. The Kier molecular flexibility index (Phi) is 4.79. The first-order chi connectivity index (χ1) is 13.5. The molecule has 0 saturated carbocycles. The molecule has 0 saturated heterocycles. The third-order valence-corrected chi connectivity index (χ3v) is 5.51. The van der Waals surface area contributed by atoms with Crippen molar-refractivity contribution in [2.75, 3.05) is 5.32 Å². The first kappa shape index (κ1) is 18.1. The van der Waals surface area contributed by atoms with E-state index in [1.54, 1.807) is 0 Å². The van der Waals surface area contributed by atoms with Gasteiger partial charge in [-0.15, -0.1) is 11.3 Å². The SMILES string of the molecule is Cc1cc(-c2ccccc2)n(-c2ccc(C(=O)Nc3nc(C)c(C)s3)cc2)n1. The Labute approximate surface area is 167 Å². The molecule has 0 unspecified atom stereocenters. The van der Waals surface area contributed by atoms with Crippen LogP contribution in [0.1, 0.15) is 26.6 Å². The van der Waals surface area contributed by atoms with Crippen molar-refractivity contribution in [3.63, 3.8) is 0 Å². The second-order valence-electron chi connectivity index (χ2n) is 6.61. The fraction of sp³-hybridized carbons (Fsp3) is 0.136. The third kappa shape index (κ3) is 3.59. The largest absolute Gasteiger partial charge is 0.298 e. The molecule has 0 fully saturated rings. The molecule has 0 bridgehead atoms. The standard InChI is InChI=1S/C22H20N4OS/c1-14-13-20(17-7-5-4-6-8-17)26(25-14)19-11-9-18(10-12-19)21(27)24-22-23-15(2)16(3)28-22/h4-13H,1-3H3,(H,23,24,27). The molecule has 2 aromatic carbocycles. The second-order valence-corrected chi connectivity index (χ2v) is 7.81. The summed E-state index contributed by atoms with van der Waals surface area (Å²) in [7, 11) is 0. The first-order valence-electron chi connectivity index (χ1n) is 8.99. The van der Waals surface area contributed by atoms with Gasteiger partial charge in [-0.3, -0.25) is 10.1 Å². The van der Waals surface area contributed by atoms with Crippen molar-refractivity contribution in [1.29, 1.82) is 0 Å². The number of anilines is 1. The van der Waals surface area contributed by atoms with Crippen LogP contribution >= 0.6 is 11.3 Å². The van der Waals surface area contributed by atoms with Crippen molar-refractivity contribution >= 4 is 22.4 Å². The highest BCUT2D eigenvalue weighted by molar-refractivity contribution is 7.15. The van der Waals surface area contributed by atoms with E-state index in [0.717, 1.165) is 33.2 Å². The molecule has 0 radical (unpaired) electrons. The molecule has 4 rings (SSSR count). The van der Waals surface area contributed by atoms with Gasteiger partial charge in [0, 0.05) is 16.0 Å². The number of hydrogen-bond acceptors (Lipinski definition) is 4. The fourth-order valence-electron chi connectivity index (χ4n) is 2.96. The number of carbonyl (C=O) groups excluding carboxylic acids is 1. The number of aryl methyl sites for hydroxylation is 3. The predicted molar refractivity (Wildman–Crippen MR) is 113 cm³/mol. The zero-order valence-electron chi connectivity index (χ0n) is 15.9. The topological polar surface area (TPSA) is 59.8 Å². The number of carbonyl (C=O) groups is 1. The summed E-state index contributed by atoms with van der Waals surface area (Å²) < 4.78 is 1.90. The van der Waals surface area contributed by atoms with Gasteiger partial charge in [-0.05, 0) is 51.1 Å². The van der Waals surface area contributed by atoms with Crippen LogP contribution in [0.3, 0.4) is 0 Å². The van der Waals surface area contributed by atoms with E-state index in [1.165, 1.54) is 11.3 Å². The van der Waals surface area contributed by atoms with Crippen LogP contribution in [0.4, 0.5) is 5.13 Å². The van der Waals surface area contributed by atoms with Gasteiger partial charge in [-0.2, -0.15) is 5.10 Å². The van der Waals surface area contributed by atoms with Crippen molar-refractivity contribution in [1.82, 2.24) is 14.8 Å². The minimum absolute atomic E-state index is 0.166. The normalized spacial score (nSPS) is 10.8. The molecule has 2 aromatic heterocycles. The van der Waals surface area contributed by atoms with Crippen molar-refractivity contribution in [3.05, 3.63) is 82.5 Å². The van der Waals surface area contributed by atoms with E-state index in [4.69, 9.17) is 0 Å². The third-order valence-electron chi connectivity index (χ3n) is 4.52. The van der Waals surface area contributed by atoms with E-state index in [0.29, 0.717) is 10.7 Å². The Morgan fingerprint density at radius 1 is 1.00 bits per heavy atom. The maximum Gasteiger partial charge on any atom is 0.257 e. The number of aromatic nitrogens is 3. The van der Waals surface area contributed by atoms with Crippen LogP contribution in [-0.2, 0) is 0 Å². The zero-order valence-corrected chi connectivity index (χ0v) is 16.7. The molecule has 2 heterocycles. The number of thiazole rings is 1. The van der Waals surface area contributed by atoms with Crippen LogP contribution < -0.4 is 5.32 Å². The molecule has 6 heteroatoms. The molecule has 4 aromatic rings. The smallest absolute Gasteiger partial charge is 0.257 e. The minimum atomic E-state index is -0.166. The molecular weight excluding hydrogens is 368 g/mol. The maximum atomic E-state index is 12.5. The van der Waals surface area contributed by atoms with E-state index in [2.05, 4.69) is 33.6 Å². The summed E-state index contributed by atoms with van der Waals surface area (Å²) in [6.45, 7) is 5.91. The number of rotatable bonds is 4. The lowest BCUT2D eigenvalue weighted by Gasteiger charge is -2.09. The van der Waals surface area contributed by atoms with Gasteiger partial charge in [0.2, 0.25) is 0 Å². The Morgan fingerprint density at radius 2 is 1.71 bits per heavy atom. The number of amides is 1. The highest BCUT2D eigenvalue weighted by Gasteiger charge is 2.13. The summed E-state index contributed by atoms with van der Waals surface area (Å²) in [5.74, 6) is -0.166. The molecule has 1 N–H and O–H groups in total. The van der Waals surface area contributed by atoms with E-state index in [9.17, 15) is 4.79 Å². The summed E-state index contributed by atoms with van der Waals surface area (Å²) in [5, 5.41) is 8.11. The Morgan fingerprint density at radius 3 is 2.36 bits per heavy atom. The minimum Gasteiger partial charge on any atom is -0.298 e.